The zero-order chi connectivity index (χ0) is 29.9. The first-order valence-corrected chi connectivity index (χ1v) is 16.0. The lowest BCUT2D eigenvalue weighted by atomic mass is 9.45. The Bertz CT molecular complexity index is 2660. The van der Waals surface area contributed by atoms with Gasteiger partial charge in [-0.05, 0) is 71.1 Å². The number of benzene rings is 7. The summed E-state index contributed by atoms with van der Waals surface area (Å²) >= 11 is 0. The van der Waals surface area contributed by atoms with Gasteiger partial charge in [-0.2, -0.15) is 0 Å². The van der Waals surface area contributed by atoms with Crippen LogP contribution in [-0.4, -0.2) is 15.9 Å². The first-order chi connectivity index (χ1) is 22.9. The molecule has 2 aromatic heterocycles. The van der Waals surface area contributed by atoms with E-state index in [1.54, 1.807) is 0 Å². The molecule has 0 bridgehead atoms. The number of anilines is 3. The van der Waals surface area contributed by atoms with Crippen LogP contribution in [0.5, 0.6) is 0 Å². The molecule has 0 N–H and O–H groups in total. The van der Waals surface area contributed by atoms with Gasteiger partial charge in [-0.3, -0.25) is 0 Å². The van der Waals surface area contributed by atoms with Crippen LogP contribution in [-0.2, 0) is 0 Å². The Morgan fingerprint density at radius 2 is 1.07 bits per heavy atom. The van der Waals surface area contributed by atoms with Gasteiger partial charge in [-0.1, -0.05) is 103 Å². The minimum Gasteiger partial charge on any atom is -0.375 e. The number of hydrogen-bond donors (Lipinski definition) is 0. The minimum atomic E-state index is 0.0661. The predicted molar refractivity (Wildman–Crippen MR) is 194 cm³/mol. The van der Waals surface area contributed by atoms with Gasteiger partial charge in [0.25, 0.3) is 0 Å². The van der Waals surface area contributed by atoms with E-state index in [9.17, 15) is 0 Å². The SMILES string of the molecule is c1ccc(N2c3ccccc3B3c4c(cccc42)-c2cccc4c5cc(-n6c7ccccc7c7ccccc76)ccc5n3c24)cc1. The van der Waals surface area contributed by atoms with E-state index < -0.39 is 0 Å². The van der Waals surface area contributed by atoms with E-state index in [-0.39, 0.29) is 6.85 Å². The molecule has 4 heterocycles. The van der Waals surface area contributed by atoms with E-state index in [0.29, 0.717) is 0 Å². The summed E-state index contributed by atoms with van der Waals surface area (Å²) in [5.41, 5.74) is 15.2. The Balaban J connectivity index is 1.23. The zero-order valence-electron chi connectivity index (χ0n) is 24.9. The molecular formula is C42H26BN3. The summed E-state index contributed by atoms with van der Waals surface area (Å²) in [4.78, 5) is 2.45. The first kappa shape index (κ1) is 24.3. The molecule has 0 amide bonds. The van der Waals surface area contributed by atoms with Crippen molar-refractivity contribution in [2.45, 2.75) is 0 Å². The third-order valence-electron chi connectivity index (χ3n) is 10.3. The molecule has 11 rings (SSSR count). The lowest BCUT2D eigenvalue weighted by Gasteiger charge is -2.40. The summed E-state index contributed by atoms with van der Waals surface area (Å²) in [5.74, 6) is 0. The molecule has 3 nitrogen and oxygen atoms in total. The molecule has 2 aliphatic heterocycles. The maximum absolute atomic E-state index is 2.63. The molecule has 212 valence electrons. The molecule has 9 aromatic rings. The highest BCUT2D eigenvalue weighted by Crippen LogP contribution is 2.45. The monoisotopic (exact) mass is 583 g/mol. The summed E-state index contributed by atoms with van der Waals surface area (Å²) in [7, 11) is 0. The van der Waals surface area contributed by atoms with Gasteiger partial charge in [0.1, 0.15) is 0 Å². The Kier molecular flexibility index (Phi) is 4.66. The van der Waals surface area contributed by atoms with E-state index in [0.717, 1.165) is 0 Å². The quantitative estimate of drug-likeness (QED) is 0.185. The lowest BCUT2D eigenvalue weighted by Crippen LogP contribution is -2.56. The van der Waals surface area contributed by atoms with Crippen LogP contribution in [0.3, 0.4) is 0 Å². The van der Waals surface area contributed by atoms with Crippen molar-refractivity contribution in [2.24, 2.45) is 0 Å². The Morgan fingerprint density at radius 3 is 1.89 bits per heavy atom. The highest BCUT2D eigenvalue weighted by atomic mass is 15.2. The summed E-state index contributed by atoms with van der Waals surface area (Å²) in [6, 6.07) is 58.1. The topological polar surface area (TPSA) is 13.1 Å². The fraction of sp³-hybridized carbons (Fsp3) is 0. The molecule has 4 heteroatoms. The summed E-state index contributed by atoms with van der Waals surface area (Å²) in [5, 5.41) is 5.15. The first-order valence-electron chi connectivity index (χ1n) is 16.0. The maximum atomic E-state index is 2.63. The van der Waals surface area contributed by atoms with Crippen molar-refractivity contribution in [2.75, 3.05) is 4.90 Å². The smallest absolute Gasteiger partial charge is 0.333 e. The van der Waals surface area contributed by atoms with Crippen molar-refractivity contribution in [3.8, 4) is 16.8 Å². The van der Waals surface area contributed by atoms with Gasteiger partial charge in [0.15, 0.2) is 0 Å². The zero-order valence-corrected chi connectivity index (χ0v) is 24.9. The molecule has 0 radical (unpaired) electrons. The molecule has 0 spiro atoms. The average molecular weight is 584 g/mol. The van der Waals surface area contributed by atoms with Gasteiger partial charge in [-0.15, -0.1) is 0 Å². The maximum Gasteiger partial charge on any atom is 0.333 e. The summed E-state index contributed by atoms with van der Waals surface area (Å²) < 4.78 is 5.06. The van der Waals surface area contributed by atoms with Gasteiger partial charge >= 0.3 is 6.85 Å². The average Bonchev–Trinajstić information content (AvgIpc) is 3.63. The van der Waals surface area contributed by atoms with Crippen LogP contribution in [0.15, 0.2) is 158 Å². The Labute approximate surface area is 266 Å². The highest BCUT2D eigenvalue weighted by Gasteiger charge is 2.42. The molecule has 0 atom stereocenters. The third kappa shape index (κ3) is 2.99. The van der Waals surface area contributed by atoms with Crippen molar-refractivity contribution < 1.29 is 0 Å². The van der Waals surface area contributed by atoms with Crippen LogP contribution in [0.4, 0.5) is 17.1 Å². The molecule has 0 saturated heterocycles. The number of fused-ring (bicyclic) bond motifs is 10. The molecule has 46 heavy (non-hydrogen) atoms. The van der Waals surface area contributed by atoms with Crippen molar-refractivity contribution in [1.82, 2.24) is 9.05 Å². The van der Waals surface area contributed by atoms with Gasteiger partial charge in [0.05, 0.1) is 11.0 Å². The van der Waals surface area contributed by atoms with Crippen LogP contribution in [0.2, 0.25) is 0 Å². The second-order valence-corrected chi connectivity index (χ2v) is 12.5. The molecular weight excluding hydrogens is 557 g/mol. The highest BCUT2D eigenvalue weighted by molar-refractivity contribution is 6.90. The van der Waals surface area contributed by atoms with Gasteiger partial charge in [-0.25, -0.2) is 0 Å². The van der Waals surface area contributed by atoms with Crippen LogP contribution < -0.4 is 15.8 Å². The van der Waals surface area contributed by atoms with Crippen LogP contribution >= 0.6 is 0 Å². The number of aromatic nitrogens is 2. The molecule has 0 fully saturated rings. The van der Waals surface area contributed by atoms with Crippen molar-refractivity contribution in [1.29, 1.82) is 0 Å². The Hall–Kier alpha value is -6.00. The van der Waals surface area contributed by atoms with Gasteiger partial charge in [0, 0.05) is 60.9 Å². The standard InChI is InChI=1S/C42H26BN3/c1-2-12-27(13-3-1)44-39-22-9-6-19-35(39)43-41-31(16-11-23-40(41)44)32-17-10-18-33-34-26-28(24-25-38(34)46(43)42(32)33)45-36-20-7-4-14-29(36)30-15-5-8-21-37(30)45/h1-26H. The van der Waals surface area contributed by atoms with E-state index in [1.165, 1.54) is 88.4 Å². The second kappa shape index (κ2) is 8.80. The van der Waals surface area contributed by atoms with Crippen molar-refractivity contribution in [3.63, 3.8) is 0 Å². The number of rotatable bonds is 2. The fourth-order valence-corrected chi connectivity index (χ4v) is 8.52. The number of para-hydroxylation sites is 5. The lowest BCUT2D eigenvalue weighted by molar-refractivity contribution is 1.18. The Morgan fingerprint density at radius 1 is 0.413 bits per heavy atom. The number of nitrogens with zero attached hydrogens (tertiary/aromatic N) is 3. The molecule has 0 aliphatic carbocycles. The molecule has 0 saturated carbocycles. The van der Waals surface area contributed by atoms with Gasteiger partial charge < -0.3 is 13.9 Å². The minimum absolute atomic E-state index is 0.0661. The predicted octanol–water partition coefficient (Wildman–Crippen LogP) is 9.31. The number of hydrogen-bond acceptors (Lipinski definition) is 1. The summed E-state index contributed by atoms with van der Waals surface area (Å²) in [6.07, 6.45) is 0. The van der Waals surface area contributed by atoms with Crippen molar-refractivity contribution >= 4 is 78.4 Å². The summed E-state index contributed by atoms with van der Waals surface area (Å²) in [6.45, 7) is 0.0661. The molecule has 7 aromatic carbocycles. The van der Waals surface area contributed by atoms with Crippen LogP contribution in [0.1, 0.15) is 0 Å². The normalized spacial score (nSPS) is 13.1. The molecule has 0 unspecified atom stereocenters. The van der Waals surface area contributed by atoms with E-state index in [1.807, 2.05) is 0 Å². The van der Waals surface area contributed by atoms with Gasteiger partial charge in [0.2, 0.25) is 0 Å². The van der Waals surface area contributed by atoms with E-state index in [4.69, 9.17) is 0 Å². The van der Waals surface area contributed by atoms with Crippen LogP contribution in [0.25, 0.3) is 60.4 Å². The van der Waals surface area contributed by atoms with E-state index in [2.05, 4.69) is 172 Å². The second-order valence-electron chi connectivity index (χ2n) is 12.5. The van der Waals surface area contributed by atoms with Crippen LogP contribution in [0, 0.1) is 0 Å². The largest absolute Gasteiger partial charge is 0.375 e. The third-order valence-corrected chi connectivity index (χ3v) is 10.3. The fourth-order valence-electron chi connectivity index (χ4n) is 8.52. The molecule has 2 aliphatic rings. The van der Waals surface area contributed by atoms with E-state index >= 15 is 0 Å². The van der Waals surface area contributed by atoms with Crippen molar-refractivity contribution in [3.05, 3.63) is 158 Å².